The third-order valence-electron chi connectivity index (χ3n) is 8.69. The van der Waals surface area contributed by atoms with Crippen molar-refractivity contribution >= 4 is 29.5 Å². The Labute approximate surface area is 241 Å². The Morgan fingerprint density at radius 1 is 1.18 bits per heavy atom. The highest BCUT2D eigenvalue weighted by atomic mass is 35.5. The quantitative estimate of drug-likeness (QED) is 0.561. The van der Waals surface area contributed by atoms with Crippen molar-refractivity contribution in [2.75, 3.05) is 19.6 Å². The van der Waals surface area contributed by atoms with Crippen LogP contribution in [-0.2, 0) is 19.1 Å². The fourth-order valence-corrected chi connectivity index (χ4v) is 6.95. The maximum absolute atomic E-state index is 13.8. The summed E-state index contributed by atoms with van der Waals surface area (Å²) in [5.74, 6) is 0.842. The summed E-state index contributed by atoms with van der Waals surface area (Å²) in [7, 11) is 0. The Morgan fingerprint density at radius 2 is 1.93 bits per heavy atom. The molecular formula is C30H42ClN3O6. The summed E-state index contributed by atoms with van der Waals surface area (Å²) in [5, 5.41) is 3.29. The number of piperidine rings is 1. The Hall–Kier alpha value is -2.52. The van der Waals surface area contributed by atoms with Crippen molar-refractivity contribution in [3.05, 3.63) is 28.8 Å². The molecule has 0 unspecified atom stereocenters. The van der Waals surface area contributed by atoms with Gasteiger partial charge in [0.25, 0.3) is 0 Å². The van der Waals surface area contributed by atoms with Crippen LogP contribution in [0.1, 0.15) is 78.9 Å². The predicted octanol–water partition coefficient (Wildman–Crippen LogP) is 4.71. The minimum Gasteiger partial charge on any atom is -0.487 e. The van der Waals surface area contributed by atoms with Gasteiger partial charge in [0.05, 0.1) is 12.2 Å². The van der Waals surface area contributed by atoms with Gasteiger partial charge in [-0.15, -0.1) is 0 Å². The van der Waals surface area contributed by atoms with Gasteiger partial charge in [-0.05, 0) is 85.4 Å². The fourth-order valence-electron chi connectivity index (χ4n) is 6.77. The summed E-state index contributed by atoms with van der Waals surface area (Å²) in [5.41, 5.74) is -0.0825. The Morgan fingerprint density at radius 3 is 2.65 bits per heavy atom. The molecule has 0 saturated carbocycles. The standard InChI is InChI=1S/C30H42ClN3O6/c1-17(32-28(37)40-29(2,3)4)26(35)34-12-7-8-22(34)27(36)33-13-11-23-18(16-33)14-21-25(38-23)20-15-19(31)9-10-24(20)39-30(21,5)6/h9-10,15,17-18,21-23,25H,7-8,11-14,16H2,1-6H3,(H,32,37)/t17-,18-,21+,22-,23+,25-/m0/s1. The molecule has 1 aromatic rings. The molecule has 3 saturated heterocycles. The highest BCUT2D eigenvalue weighted by Gasteiger charge is 2.52. The Balaban J connectivity index is 1.24. The molecule has 1 aromatic carbocycles. The zero-order valence-electron chi connectivity index (χ0n) is 24.4. The monoisotopic (exact) mass is 575 g/mol. The molecule has 0 aromatic heterocycles. The molecule has 1 N–H and O–H groups in total. The van der Waals surface area contributed by atoms with E-state index in [1.165, 1.54) is 0 Å². The number of carbonyl (C=O) groups is 3. The van der Waals surface area contributed by atoms with Gasteiger partial charge < -0.3 is 29.3 Å². The van der Waals surface area contributed by atoms with Gasteiger partial charge in [0.15, 0.2) is 0 Å². The van der Waals surface area contributed by atoms with Crippen LogP contribution in [0.5, 0.6) is 5.75 Å². The highest BCUT2D eigenvalue weighted by Crippen LogP contribution is 2.53. The second kappa shape index (κ2) is 10.7. The lowest BCUT2D eigenvalue weighted by Crippen LogP contribution is -2.58. The van der Waals surface area contributed by atoms with Gasteiger partial charge in [0.2, 0.25) is 11.8 Å². The van der Waals surface area contributed by atoms with E-state index in [9.17, 15) is 14.4 Å². The van der Waals surface area contributed by atoms with Crippen molar-refractivity contribution in [3.63, 3.8) is 0 Å². The summed E-state index contributed by atoms with van der Waals surface area (Å²) in [6.07, 6.45) is 2.30. The van der Waals surface area contributed by atoms with Crippen LogP contribution in [0, 0.1) is 11.8 Å². The van der Waals surface area contributed by atoms with Crippen LogP contribution in [0.3, 0.4) is 0 Å². The molecule has 3 amide bonds. The van der Waals surface area contributed by atoms with E-state index in [4.69, 9.17) is 25.8 Å². The van der Waals surface area contributed by atoms with Crippen LogP contribution in [0.15, 0.2) is 18.2 Å². The van der Waals surface area contributed by atoms with E-state index in [1.54, 1.807) is 32.6 Å². The maximum atomic E-state index is 13.8. The largest absolute Gasteiger partial charge is 0.487 e. The molecule has 40 heavy (non-hydrogen) atoms. The van der Waals surface area contributed by atoms with Crippen molar-refractivity contribution in [3.8, 4) is 5.75 Å². The molecule has 6 atom stereocenters. The lowest BCUT2D eigenvalue weighted by Gasteiger charge is -2.53. The number of nitrogens with zero attached hydrogens (tertiary/aromatic N) is 2. The number of hydrogen-bond acceptors (Lipinski definition) is 6. The van der Waals surface area contributed by atoms with Crippen molar-refractivity contribution < 1.29 is 28.6 Å². The number of fused-ring (bicyclic) bond motifs is 4. The number of amides is 3. The van der Waals surface area contributed by atoms with Crippen molar-refractivity contribution in [1.29, 1.82) is 0 Å². The van der Waals surface area contributed by atoms with E-state index < -0.39 is 29.4 Å². The van der Waals surface area contributed by atoms with E-state index in [2.05, 4.69) is 19.2 Å². The Kier molecular flexibility index (Phi) is 7.76. The summed E-state index contributed by atoms with van der Waals surface area (Å²) in [6.45, 7) is 12.8. The van der Waals surface area contributed by atoms with Crippen LogP contribution in [-0.4, -0.2) is 76.7 Å². The summed E-state index contributed by atoms with van der Waals surface area (Å²) >= 11 is 6.33. The second-order valence-corrected chi connectivity index (χ2v) is 13.7. The number of ether oxygens (including phenoxy) is 3. The Bertz CT molecular complexity index is 1170. The molecule has 9 nitrogen and oxygen atoms in total. The van der Waals surface area contributed by atoms with Gasteiger partial charge in [-0.1, -0.05) is 11.6 Å². The number of rotatable bonds is 3. The number of nitrogens with one attached hydrogen (secondary N) is 1. The first-order chi connectivity index (χ1) is 18.7. The van der Waals surface area contributed by atoms with Crippen LogP contribution < -0.4 is 10.1 Å². The van der Waals surface area contributed by atoms with Crippen LogP contribution in [0.25, 0.3) is 0 Å². The molecule has 0 aliphatic carbocycles. The average molecular weight is 576 g/mol. The zero-order chi connectivity index (χ0) is 29.0. The van der Waals surface area contributed by atoms with Gasteiger partial charge in [-0.3, -0.25) is 9.59 Å². The van der Waals surface area contributed by atoms with Gasteiger partial charge in [0, 0.05) is 42.1 Å². The summed E-state index contributed by atoms with van der Waals surface area (Å²) < 4.78 is 18.4. The number of carbonyl (C=O) groups excluding carboxylic acids is 3. The molecule has 3 fully saturated rings. The molecule has 0 bridgehead atoms. The first-order valence-corrected chi connectivity index (χ1v) is 14.8. The zero-order valence-corrected chi connectivity index (χ0v) is 25.1. The smallest absolute Gasteiger partial charge is 0.408 e. The summed E-state index contributed by atoms with van der Waals surface area (Å²) in [6, 6.07) is 4.41. The first-order valence-electron chi connectivity index (χ1n) is 14.5. The SMILES string of the molecule is C[C@H](NC(=O)OC(C)(C)C)C(=O)N1CCC[C@H]1C(=O)N1CC[C@H]2O[C@H]3c4cc(Cl)ccc4OC(C)(C)[C@@H]3C[C@H]2C1. The molecule has 4 heterocycles. The van der Waals surface area contributed by atoms with E-state index in [0.717, 1.165) is 30.6 Å². The number of halogens is 1. The predicted molar refractivity (Wildman–Crippen MR) is 150 cm³/mol. The minimum atomic E-state index is -0.789. The third kappa shape index (κ3) is 5.77. The van der Waals surface area contributed by atoms with E-state index >= 15 is 0 Å². The maximum Gasteiger partial charge on any atom is 0.408 e. The van der Waals surface area contributed by atoms with E-state index in [1.807, 2.05) is 23.1 Å². The van der Waals surface area contributed by atoms with E-state index in [-0.39, 0.29) is 35.9 Å². The van der Waals surface area contributed by atoms with Crippen molar-refractivity contribution in [2.45, 2.75) is 103 Å². The van der Waals surface area contributed by atoms with Gasteiger partial charge in [-0.25, -0.2) is 4.79 Å². The van der Waals surface area contributed by atoms with Crippen LogP contribution in [0.2, 0.25) is 5.02 Å². The number of hydrogen-bond donors (Lipinski definition) is 1. The minimum absolute atomic E-state index is 0.0211. The van der Waals surface area contributed by atoms with Gasteiger partial charge in [-0.2, -0.15) is 0 Å². The normalized spacial score (nSPS) is 29.8. The summed E-state index contributed by atoms with van der Waals surface area (Å²) in [4.78, 5) is 42.8. The molecule has 220 valence electrons. The molecule has 5 rings (SSSR count). The van der Waals surface area contributed by atoms with Crippen molar-refractivity contribution in [1.82, 2.24) is 15.1 Å². The molecular weight excluding hydrogens is 534 g/mol. The third-order valence-corrected chi connectivity index (χ3v) is 8.92. The molecule has 10 heteroatoms. The second-order valence-electron chi connectivity index (χ2n) is 13.2. The van der Waals surface area contributed by atoms with Gasteiger partial charge >= 0.3 is 6.09 Å². The number of likely N-dealkylation sites (tertiary alicyclic amines) is 2. The first kappa shape index (κ1) is 29.0. The lowest BCUT2D eigenvalue weighted by atomic mass is 9.70. The number of benzene rings is 1. The molecule has 0 spiro atoms. The average Bonchev–Trinajstić information content (AvgIpc) is 3.36. The lowest BCUT2D eigenvalue weighted by molar-refractivity contribution is -0.189. The number of alkyl carbamates (subject to hydrolysis) is 1. The van der Waals surface area contributed by atoms with Gasteiger partial charge in [0.1, 0.15) is 29.0 Å². The van der Waals surface area contributed by atoms with Crippen LogP contribution >= 0.6 is 11.6 Å². The van der Waals surface area contributed by atoms with Crippen LogP contribution in [0.4, 0.5) is 4.79 Å². The molecule has 4 aliphatic rings. The van der Waals surface area contributed by atoms with E-state index in [0.29, 0.717) is 31.1 Å². The molecule has 0 radical (unpaired) electrons. The topological polar surface area (TPSA) is 97.4 Å². The molecule has 4 aliphatic heterocycles. The van der Waals surface area contributed by atoms with Crippen molar-refractivity contribution in [2.24, 2.45) is 11.8 Å². The highest BCUT2D eigenvalue weighted by molar-refractivity contribution is 6.30. The fraction of sp³-hybridized carbons (Fsp3) is 0.700.